The molecule has 0 saturated heterocycles. The van der Waals surface area contributed by atoms with Gasteiger partial charge in [0.05, 0.1) is 0 Å². The number of ketones is 1. The molecule has 0 saturated carbocycles. The molecule has 0 radical (unpaired) electrons. The van der Waals surface area contributed by atoms with Crippen LogP contribution in [0.1, 0.15) is 33.1 Å². The molecule has 0 aromatic carbocycles. The summed E-state index contributed by atoms with van der Waals surface area (Å²) in [5.41, 5.74) is 0. The highest BCUT2D eigenvalue weighted by Crippen LogP contribution is 1.94. The van der Waals surface area contributed by atoms with Crippen LogP contribution in [0.3, 0.4) is 0 Å². The van der Waals surface area contributed by atoms with Crippen molar-refractivity contribution in [1.82, 2.24) is 0 Å². The summed E-state index contributed by atoms with van der Waals surface area (Å²) >= 11 is 0. The van der Waals surface area contributed by atoms with Gasteiger partial charge in [-0.15, -0.1) is 11.8 Å². The Morgan fingerprint density at radius 2 is 2.27 bits per heavy atom. The Labute approximate surface area is 68.5 Å². The maximum atomic E-state index is 10.4. The Morgan fingerprint density at radius 1 is 1.55 bits per heavy atom. The van der Waals surface area contributed by atoms with Crippen molar-refractivity contribution in [2.45, 2.75) is 33.1 Å². The van der Waals surface area contributed by atoms with E-state index in [1.54, 1.807) is 13.0 Å². The van der Waals surface area contributed by atoms with Crippen LogP contribution in [0.25, 0.3) is 0 Å². The fraction of sp³-hybridized carbons (Fsp3) is 0.500. The molecule has 0 aliphatic rings. The molecule has 0 fully saturated rings. The first-order valence-corrected chi connectivity index (χ1v) is 3.84. The van der Waals surface area contributed by atoms with Gasteiger partial charge in [-0.3, -0.25) is 4.79 Å². The molecule has 0 spiro atoms. The lowest BCUT2D eigenvalue weighted by molar-refractivity contribution is -0.112. The van der Waals surface area contributed by atoms with E-state index in [4.69, 9.17) is 0 Å². The Morgan fingerprint density at radius 3 is 2.82 bits per heavy atom. The van der Waals surface area contributed by atoms with Gasteiger partial charge >= 0.3 is 0 Å². The van der Waals surface area contributed by atoms with Crippen molar-refractivity contribution in [2.24, 2.45) is 0 Å². The second kappa shape index (κ2) is 7.08. The van der Waals surface area contributed by atoms with Crippen LogP contribution in [0.15, 0.2) is 12.2 Å². The summed E-state index contributed by atoms with van der Waals surface area (Å²) < 4.78 is 0. The molecule has 0 heterocycles. The van der Waals surface area contributed by atoms with Crippen LogP contribution in [0, 0.1) is 11.8 Å². The first-order valence-electron chi connectivity index (χ1n) is 3.84. The van der Waals surface area contributed by atoms with Gasteiger partial charge in [-0.25, -0.2) is 0 Å². The molecule has 60 valence electrons. The summed E-state index contributed by atoms with van der Waals surface area (Å²) in [6.07, 6.45) is 6.44. The summed E-state index contributed by atoms with van der Waals surface area (Å²) in [5.74, 6) is 5.91. The van der Waals surface area contributed by atoms with Crippen molar-refractivity contribution in [1.29, 1.82) is 0 Å². The summed E-state index contributed by atoms with van der Waals surface area (Å²) in [7, 11) is 0. The summed E-state index contributed by atoms with van der Waals surface area (Å²) in [4.78, 5) is 10.4. The minimum atomic E-state index is 0.117. The van der Waals surface area contributed by atoms with Gasteiger partial charge in [0.2, 0.25) is 0 Å². The molecule has 0 amide bonds. The Balaban J connectivity index is 3.25. The first-order chi connectivity index (χ1) is 5.27. The first kappa shape index (κ1) is 9.97. The van der Waals surface area contributed by atoms with E-state index in [1.807, 2.05) is 13.0 Å². The molecule has 0 aliphatic heterocycles. The van der Waals surface area contributed by atoms with E-state index in [-0.39, 0.29) is 5.78 Å². The van der Waals surface area contributed by atoms with Crippen LogP contribution in [-0.2, 0) is 4.79 Å². The van der Waals surface area contributed by atoms with Crippen molar-refractivity contribution in [3.05, 3.63) is 12.2 Å². The molecular weight excluding hydrogens is 136 g/mol. The van der Waals surface area contributed by atoms with Gasteiger partial charge in [-0.1, -0.05) is 6.08 Å². The lowest BCUT2D eigenvalue weighted by atomic mass is 10.2. The normalized spacial score (nSPS) is 9.27. The van der Waals surface area contributed by atoms with Crippen LogP contribution in [0.5, 0.6) is 0 Å². The highest BCUT2D eigenvalue weighted by Gasteiger charge is 1.82. The van der Waals surface area contributed by atoms with Crippen molar-refractivity contribution >= 4 is 5.78 Å². The van der Waals surface area contributed by atoms with E-state index in [1.165, 1.54) is 0 Å². The number of carbonyl (C=O) groups excluding carboxylic acids is 1. The SMILES string of the molecule is CC#CCCC/C=C\C(C)=O. The van der Waals surface area contributed by atoms with Crippen molar-refractivity contribution in [3.63, 3.8) is 0 Å². The molecule has 0 unspecified atom stereocenters. The highest BCUT2D eigenvalue weighted by molar-refractivity contribution is 5.87. The topological polar surface area (TPSA) is 17.1 Å². The monoisotopic (exact) mass is 150 g/mol. The third-order valence-electron chi connectivity index (χ3n) is 1.20. The van der Waals surface area contributed by atoms with Crippen LogP contribution >= 0.6 is 0 Å². The fourth-order valence-corrected chi connectivity index (χ4v) is 0.683. The zero-order valence-corrected chi connectivity index (χ0v) is 7.18. The number of hydrogen-bond acceptors (Lipinski definition) is 1. The van der Waals surface area contributed by atoms with Gasteiger partial charge in [-0.05, 0) is 32.8 Å². The van der Waals surface area contributed by atoms with Gasteiger partial charge < -0.3 is 0 Å². The second-order valence-electron chi connectivity index (χ2n) is 2.33. The third-order valence-corrected chi connectivity index (χ3v) is 1.20. The van der Waals surface area contributed by atoms with Gasteiger partial charge in [-0.2, -0.15) is 0 Å². The van der Waals surface area contributed by atoms with Crippen LogP contribution in [0.4, 0.5) is 0 Å². The maximum Gasteiger partial charge on any atom is 0.152 e. The van der Waals surface area contributed by atoms with Crippen LogP contribution in [-0.4, -0.2) is 5.78 Å². The molecule has 11 heavy (non-hydrogen) atoms. The van der Waals surface area contributed by atoms with E-state index in [2.05, 4.69) is 11.8 Å². The number of unbranched alkanes of at least 4 members (excludes halogenated alkanes) is 2. The second-order valence-corrected chi connectivity index (χ2v) is 2.33. The van der Waals surface area contributed by atoms with Crippen molar-refractivity contribution in [3.8, 4) is 11.8 Å². The van der Waals surface area contributed by atoms with Crippen LogP contribution in [0.2, 0.25) is 0 Å². The zero-order chi connectivity index (χ0) is 8.53. The Hall–Kier alpha value is -1.03. The minimum Gasteiger partial charge on any atom is -0.295 e. The lowest BCUT2D eigenvalue weighted by Crippen LogP contribution is -1.79. The van der Waals surface area contributed by atoms with E-state index in [9.17, 15) is 4.79 Å². The average Bonchev–Trinajstić information content (AvgIpc) is 1.96. The Bertz CT molecular complexity index is 191. The smallest absolute Gasteiger partial charge is 0.152 e. The van der Waals surface area contributed by atoms with Gasteiger partial charge in [0.15, 0.2) is 5.78 Å². The molecule has 0 atom stereocenters. The summed E-state index contributed by atoms with van der Waals surface area (Å²) in [5, 5.41) is 0. The van der Waals surface area contributed by atoms with Crippen molar-refractivity contribution in [2.75, 3.05) is 0 Å². The maximum absolute atomic E-state index is 10.4. The van der Waals surface area contributed by atoms with Crippen LogP contribution < -0.4 is 0 Å². The van der Waals surface area contributed by atoms with E-state index < -0.39 is 0 Å². The zero-order valence-electron chi connectivity index (χ0n) is 7.18. The molecule has 1 nitrogen and oxygen atoms in total. The standard InChI is InChI=1S/C10H14O/c1-3-4-5-6-7-8-9-10(2)11/h8-9H,5-7H2,1-2H3/b9-8-. The number of rotatable bonds is 4. The summed E-state index contributed by atoms with van der Waals surface area (Å²) in [6, 6.07) is 0. The molecule has 0 N–H and O–H groups in total. The molecular formula is C10H14O. The number of carbonyl (C=O) groups is 1. The van der Waals surface area contributed by atoms with Gasteiger partial charge in [0.25, 0.3) is 0 Å². The number of allylic oxidation sites excluding steroid dienone is 2. The average molecular weight is 150 g/mol. The van der Waals surface area contributed by atoms with E-state index >= 15 is 0 Å². The predicted molar refractivity (Wildman–Crippen MR) is 47.1 cm³/mol. The largest absolute Gasteiger partial charge is 0.295 e. The lowest BCUT2D eigenvalue weighted by Gasteiger charge is -1.85. The summed E-state index contributed by atoms with van der Waals surface area (Å²) in [6.45, 7) is 3.40. The van der Waals surface area contributed by atoms with E-state index in [0.29, 0.717) is 0 Å². The predicted octanol–water partition coefficient (Wildman–Crippen LogP) is 2.33. The molecule has 0 rings (SSSR count). The molecule has 1 heteroatoms. The molecule has 0 bridgehead atoms. The van der Waals surface area contributed by atoms with Gasteiger partial charge in [0, 0.05) is 6.42 Å². The molecule has 0 aromatic rings. The fourth-order valence-electron chi connectivity index (χ4n) is 0.683. The molecule has 0 aliphatic carbocycles. The minimum absolute atomic E-state index is 0.117. The van der Waals surface area contributed by atoms with Crippen molar-refractivity contribution < 1.29 is 4.79 Å². The highest BCUT2D eigenvalue weighted by atomic mass is 16.1. The molecule has 0 aromatic heterocycles. The quantitative estimate of drug-likeness (QED) is 0.341. The van der Waals surface area contributed by atoms with Gasteiger partial charge in [0.1, 0.15) is 0 Å². The number of hydrogen-bond donors (Lipinski definition) is 0. The van der Waals surface area contributed by atoms with E-state index in [0.717, 1.165) is 19.3 Å². The third kappa shape index (κ3) is 8.97. The Kier molecular flexibility index (Phi) is 6.42.